The molecule has 110 valence electrons. The van der Waals surface area contributed by atoms with E-state index in [4.69, 9.17) is 0 Å². The lowest BCUT2D eigenvalue weighted by atomic mass is 10.0. The van der Waals surface area contributed by atoms with Crippen LogP contribution in [0.5, 0.6) is 0 Å². The maximum atomic E-state index is 11.7. The fourth-order valence-corrected chi connectivity index (χ4v) is 2.88. The van der Waals surface area contributed by atoms with Crippen molar-refractivity contribution in [1.82, 2.24) is 9.97 Å². The summed E-state index contributed by atoms with van der Waals surface area (Å²) in [5.41, 5.74) is 5.57. The first kappa shape index (κ1) is 13.5. The second-order valence-electron chi connectivity index (χ2n) is 5.40. The number of nitrogens with one attached hydrogen (secondary N) is 1. The third kappa shape index (κ3) is 2.32. The van der Waals surface area contributed by atoms with E-state index >= 15 is 0 Å². The molecule has 2 aromatic carbocycles. The number of hydrogen-bond donors (Lipinski definition) is 1. The zero-order valence-corrected chi connectivity index (χ0v) is 12.4. The van der Waals surface area contributed by atoms with Crippen LogP contribution < -0.4 is 0 Å². The third-order valence-corrected chi connectivity index (χ3v) is 4.01. The second kappa shape index (κ2) is 5.54. The lowest BCUT2D eigenvalue weighted by Crippen LogP contribution is -1.85. The van der Waals surface area contributed by atoms with Gasteiger partial charge in [0, 0.05) is 34.4 Å². The van der Waals surface area contributed by atoms with Gasteiger partial charge in [-0.25, -0.2) is 0 Å². The highest BCUT2D eigenvalue weighted by Gasteiger charge is 2.13. The van der Waals surface area contributed by atoms with Crippen LogP contribution in [0.2, 0.25) is 0 Å². The molecule has 0 spiro atoms. The maximum Gasteiger partial charge on any atom is 0.152 e. The lowest BCUT2D eigenvalue weighted by molar-refractivity contribution is 0.112. The van der Waals surface area contributed by atoms with Gasteiger partial charge in [-0.2, -0.15) is 0 Å². The molecule has 23 heavy (non-hydrogen) atoms. The zero-order valence-electron chi connectivity index (χ0n) is 12.4. The molecule has 2 aromatic heterocycles. The Hall–Kier alpha value is -3.20. The molecule has 3 nitrogen and oxygen atoms in total. The van der Waals surface area contributed by atoms with Crippen LogP contribution in [0.4, 0.5) is 0 Å². The van der Waals surface area contributed by atoms with Crippen LogP contribution in [0.1, 0.15) is 10.4 Å². The maximum absolute atomic E-state index is 11.7. The number of aldehydes is 1. The monoisotopic (exact) mass is 298 g/mol. The fraction of sp³-hybridized carbons (Fsp3) is 0. The van der Waals surface area contributed by atoms with Crippen molar-refractivity contribution in [2.45, 2.75) is 0 Å². The average Bonchev–Trinajstić information content (AvgIpc) is 3.01. The number of carbonyl (C=O) groups is 1. The van der Waals surface area contributed by atoms with E-state index in [-0.39, 0.29) is 0 Å². The summed E-state index contributed by atoms with van der Waals surface area (Å²) in [6.45, 7) is 0. The summed E-state index contributed by atoms with van der Waals surface area (Å²) in [4.78, 5) is 19.2. The molecule has 3 heteroatoms. The highest BCUT2D eigenvalue weighted by molar-refractivity contribution is 6.05. The molecule has 4 rings (SSSR count). The van der Waals surface area contributed by atoms with Gasteiger partial charge in [0.05, 0.1) is 5.69 Å². The summed E-state index contributed by atoms with van der Waals surface area (Å²) < 4.78 is 0. The van der Waals surface area contributed by atoms with E-state index in [2.05, 4.69) is 34.2 Å². The van der Waals surface area contributed by atoms with Crippen molar-refractivity contribution in [2.24, 2.45) is 0 Å². The Morgan fingerprint density at radius 1 is 0.870 bits per heavy atom. The minimum atomic E-state index is 0.672. The molecular weight excluding hydrogens is 284 g/mol. The number of benzene rings is 2. The highest BCUT2D eigenvalue weighted by atomic mass is 16.1. The number of H-pyrrole nitrogens is 1. The van der Waals surface area contributed by atoms with Crippen molar-refractivity contribution >= 4 is 17.2 Å². The van der Waals surface area contributed by atoms with Gasteiger partial charge in [-0.05, 0) is 35.4 Å². The van der Waals surface area contributed by atoms with Crippen molar-refractivity contribution in [3.8, 4) is 22.4 Å². The van der Waals surface area contributed by atoms with Crippen LogP contribution in [0, 0.1) is 0 Å². The molecule has 0 bridgehead atoms. The Balaban J connectivity index is 1.94. The van der Waals surface area contributed by atoms with Gasteiger partial charge in [-0.1, -0.05) is 36.4 Å². The molecule has 0 aliphatic heterocycles. The van der Waals surface area contributed by atoms with Gasteiger partial charge < -0.3 is 4.98 Å². The van der Waals surface area contributed by atoms with Gasteiger partial charge in [0.25, 0.3) is 0 Å². The van der Waals surface area contributed by atoms with E-state index in [1.807, 2.05) is 36.4 Å². The summed E-state index contributed by atoms with van der Waals surface area (Å²) in [6, 6.07) is 20.1. The summed E-state index contributed by atoms with van der Waals surface area (Å²) in [5.74, 6) is 0. The molecule has 0 amide bonds. The topological polar surface area (TPSA) is 45.8 Å². The number of nitrogens with zero attached hydrogens (tertiary/aromatic N) is 1. The van der Waals surface area contributed by atoms with Crippen LogP contribution in [-0.4, -0.2) is 16.3 Å². The molecule has 0 unspecified atom stereocenters. The van der Waals surface area contributed by atoms with Gasteiger partial charge in [0.2, 0.25) is 0 Å². The Kier molecular flexibility index (Phi) is 3.24. The van der Waals surface area contributed by atoms with E-state index in [1.165, 1.54) is 0 Å². The van der Waals surface area contributed by atoms with Gasteiger partial charge in [-0.15, -0.1) is 0 Å². The number of hydrogen-bond acceptors (Lipinski definition) is 2. The van der Waals surface area contributed by atoms with Crippen molar-refractivity contribution in [2.75, 3.05) is 0 Å². The Morgan fingerprint density at radius 3 is 2.43 bits per heavy atom. The second-order valence-corrected chi connectivity index (χ2v) is 5.40. The summed E-state index contributed by atoms with van der Waals surface area (Å²) in [6.07, 6.45) is 4.39. The minimum absolute atomic E-state index is 0.672. The van der Waals surface area contributed by atoms with E-state index in [0.29, 0.717) is 5.56 Å². The van der Waals surface area contributed by atoms with Crippen molar-refractivity contribution in [1.29, 1.82) is 0 Å². The van der Waals surface area contributed by atoms with Crippen molar-refractivity contribution < 1.29 is 4.79 Å². The molecule has 0 fully saturated rings. The van der Waals surface area contributed by atoms with Crippen LogP contribution in [0.25, 0.3) is 33.3 Å². The number of carbonyl (C=O) groups excluding carboxylic acids is 1. The molecule has 1 N–H and O–H groups in total. The van der Waals surface area contributed by atoms with Gasteiger partial charge in [0.15, 0.2) is 6.29 Å². The number of aromatic amines is 1. The Labute approximate surface area is 133 Å². The third-order valence-electron chi connectivity index (χ3n) is 4.01. The molecule has 0 saturated heterocycles. The molecule has 2 heterocycles. The SMILES string of the molecule is O=Cc1c(-c2cccnc2)[nH]c2ccc(-c3ccccc3)cc12. The van der Waals surface area contributed by atoms with E-state index in [1.54, 1.807) is 12.4 Å². The van der Waals surface area contributed by atoms with Crippen molar-refractivity contribution in [3.63, 3.8) is 0 Å². The molecule has 0 aliphatic carbocycles. The number of aromatic nitrogens is 2. The lowest BCUT2D eigenvalue weighted by Gasteiger charge is -2.02. The predicted octanol–water partition coefficient (Wildman–Crippen LogP) is 4.71. The summed E-state index contributed by atoms with van der Waals surface area (Å²) >= 11 is 0. The summed E-state index contributed by atoms with van der Waals surface area (Å²) in [7, 11) is 0. The first-order chi connectivity index (χ1) is 11.4. The molecule has 0 radical (unpaired) electrons. The molecule has 0 atom stereocenters. The molecule has 4 aromatic rings. The number of rotatable bonds is 3. The van der Waals surface area contributed by atoms with E-state index in [0.717, 1.165) is 39.6 Å². The standard InChI is InChI=1S/C20H14N2O/c23-13-18-17-11-15(14-5-2-1-3-6-14)8-9-19(17)22-20(18)16-7-4-10-21-12-16/h1-13,22H. The van der Waals surface area contributed by atoms with Crippen molar-refractivity contribution in [3.05, 3.63) is 78.6 Å². The van der Waals surface area contributed by atoms with E-state index < -0.39 is 0 Å². The molecule has 0 saturated carbocycles. The highest BCUT2D eigenvalue weighted by Crippen LogP contribution is 2.31. The quantitative estimate of drug-likeness (QED) is 0.557. The number of fused-ring (bicyclic) bond motifs is 1. The van der Waals surface area contributed by atoms with E-state index in [9.17, 15) is 4.79 Å². The van der Waals surface area contributed by atoms with Crippen LogP contribution in [0.15, 0.2) is 73.1 Å². The van der Waals surface area contributed by atoms with Gasteiger partial charge in [0.1, 0.15) is 0 Å². The van der Waals surface area contributed by atoms with Gasteiger partial charge >= 0.3 is 0 Å². The van der Waals surface area contributed by atoms with Gasteiger partial charge in [-0.3, -0.25) is 9.78 Å². The summed E-state index contributed by atoms with van der Waals surface area (Å²) in [5, 5.41) is 0.931. The zero-order chi connectivity index (χ0) is 15.6. The van der Waals surface area contributed by atoms with Crippen LogP contribution in [-0.2, 0) is 0 Å². The normalized spacial score (nSPS) is 10.8. The number of pyridine rings is 1. The first-order valence-corrected chi connectivity index (χ1v) is 7.43. The largest absolute Gasteiger partial charge is 0.354 e. The fourth-order valence-electron chi connectivity index (χ4n) is 2.88. The Bertz CT molecular complexity index is 973. The Morgan fingerprint density at radius 2 is 1.70 bits per heavy atom. The van der Waals surface area contributed by atoms with Crippen LogP contribution in [0.3, 0.4) is 0 Å². The smallest absolute Gasteiger partial charge is 0.152 e. The average molecular weight is 298 g/mol. The molecule has 0 aliphatic rings. The predicted molar refractivity (Wildman–Crippen MR) is 92.4 cm³/mol. The van der Waals surface area contributed by atoms with Crippen LogP contribution >= 0.6 is 0 Å². The first-order valence-electron chi connectivity index (χ1n) is 7.43. The molecular formula is C20H14N2O. The minimum Gasteiger partial charge on any atom is -0.354 e.